The van der Waals surface area contributed by atoms with E-state index < -0.39 is 28.5 Å². The number of aromatic nitrogens is 4. The molecule has 14 heteroatoms. The minimum Gasteiger partial charge on any atom is -0.508 e. The Morgan fingerprint density at radius 3 is 2.52 bits per heavy atom. The molecule has 58 heavy (non-hydrogen) atoms. The monoisotopic (exact) mass is 795 g/mol. The van der Waals surface area contributed by atoms with Crippen molar-refractivity contribution in [1.82, 2.24) is 29.5 Å². The van der Waals surface area contributed by atoms with E-state index in [1.165, 1.54) is 24.3 Å². The van der Waals surface area contributed by atoms with E-state index in [0.29, 0.717) is 46.9 Å². The maximum absolute atomic E-state index is 17.9. The minimum atomic E-state index is -2.69. The summed E-state index contributed by atoms with van der Waals surface area (Å²) < 4.78 is 76.3. The standard InChI is InChI=1S/C44H45F4N7O3/c1-4-30-33(45)9-6-25-14-29(56)15-31(34(25)30)35-37(46)39-36(32-18-52(2)51-38(32)35)40(55-26-7-8-27(55)17-53(16-26)28-12-24(13-28)19-57-3)50-41(49-39)58-23-43-10-5-11-54(43)22-42(20-43)21-44(42,47)48/h1,6,9,14-15,18,24,26-28,56H,5,7-8,10-13,16-17,19-23H2,2-3H3/t24?,26-,27+,28?,42-,43+/m1/s1. The second kappa shape index (κ2) is 12.6. The number of terminal acetylenes is 1. The number of hydrogen-bond donors (Lipinski definition) is 1. The molecule has 1 spiro atoms. The number of hydrogen-bond acceptors (Lipinski definition) is 9. The fraction of sp³-hybridized carbons (Fsp3) is 0.523. The van der Waals surface area contributed by atoms with Gasteiger partial charge in [0.2, 0.25) is 0 Å². The first-order valence-corrected chi connectivity index (χ1v) is 20.5. The molecule has 0 amide bonds. The SMILES string of the molecule is C#Cc1c(F)ccc2cc(O)cc(-c3c(F)c4nc(OC[C@@]56CCCN5C[C@]5(CC5(F)F)C6)nc(N5[C@@H]6CC[C@H]5CN(C5CC(COC)C5)C6)c4c4cn(C)nc34)c12. The molecule has 2 bridgehead atoms. The van der Waals surface area contributed by atoms with Gasteiger partial charge in [0.05, 0.1) is 21.9 Å². The minimum absolute atomic E-state index is 0.00807. The number of rotatable bonds is 8. The van der Waals surface area contributed by atoms with Crippen LogP contribution >= 0.6 is 0 Å². The molecule has 1 N–H and O–H groups in total. The highest BCUT2D eigenvalue weighted by Gasteiger charge is 2.77. The number of piperazine rings is 1. The van der Waals surface area contributed by atoms with Crippen molar-refractivity contribution in [1.29, 1.82) is 0 Å². The third kappa shape index (κ3) is 5.24. The molecule has 4 saturated heterocycles. The van der Waals surface area contributed by atoms with Crippen molar-refractivity contribution < 1.29 is 32.1 Å². The van der Waals surface area contributed by atoms with Gasteiger partial charge >= 0.3 is 6.01 Å². The van der Waals surface area contributed by atoms with Crippen molar-refractivity contribution in [2.24, 2.45) is 18.4 Å². The quantitative estimate of drug-likeness (QED) is 0.132. The molecular weight excluding hydrogens is 751 g/mol. The molecule has 6 aliphatic rings. The number of halogens is 4. The molecule has 6 heterocycles. The Balaban J connectivity index is 1.08. The van der Waals surface area contributed by atoms with Crippen molar-refractivity contribution in [3.05, 3.63) is 47.7 Å². The molecule has 4 aliphatic heterocycles. The second-order valence-electron chi connectivity index (χ2n) is 18.0. The van der Waals surface area contributed by atoms with E-state index in [2.05, 4.69) is 20.6 Å². The van der Waals surface area contributed by atoms with E-state index in [1.54, 1.807) is 18.8 Å². The van der Waals surface area contributed by atoms with Gasteiger partial charge in [-0.2, -0.15) is 15.1 Å². The van der Waals surface area contributed by atoms with Crippen LogP contribution in [-0.2, 0) is 11.8 Å². The van der Waals surface area contributed by atoms with Gasteiger partial charge in [0, 0.05) is 87.5 Å². The zero-order valence-corrected chi connectivity index (χ0v) is 32.6. The molecule has 2 aromatic heterocycles. The molecular formula is C44H45F4N7O3. The third-order valence-corrected chi connectivity index (χ3v) is 14.6. The lowest BCUT2D eigenvalue weighted by Crippen LogP contribution is -2.59. The number of phenolic OH excluding ortho intramolecular Hbond substituents is 1. The zero-order chi connectivity index (χ0) is 39.9. The Kier molecular flexibility index (Phi) is 7.93. The maximum Gasteiger partial charge on any atom is 0.319 e. The van der Waals surface area contributed by atoms with Crippen LogP contribution in [0.15, 0.2) is 30.5 Å². The number of aromatic hydroxyl groups is 1. The van der Waals surface area contributed by atoms with Crippen molar-refractivity contribution >= 4 is 38.4 Å². The fourth-order valence-corrected chi connectivity index (χ4v) is 11.8. The number of likely N-dealkylation sites (tertiary alicyclic amines) is 1. The summed E-state index contributed by atoms with van der Waals surface area (Å²) in [4.78, 5) is 17.0. The fourth-order valence-electron chi connectivity index (χ4n) is 11.8. The lowest BCUT2D eigenvalue weighted by atomic mass is 9.79. The third-order valence-electron chi connectivity index (χ3n) is 14.6. The first-order valence-electron chi connectivity index (χ1n) is 20.5. The number of fused-ring (bicyclic) bond motifs is 7. The van der Waals surface area contributed by atoms with Gasteiger partial charge in [0.1, 0.15) is 35.0 Å². The highest BCUT2D eigenvalue weighted by Crippen LogP contribution is 2.69. The van der Waals surface area contributed by atoms with Gasteiger partial charge in [-0.1, -0.05) is 12.0 Å². The topological polar surface area (TPSA) is 92.0 Å². The highest BCUT2D eigenvalue weighted by molar-refractivity contribution is 6.18. The number of benzene rings is 3. The molecule has 10 nitrogen and oxygen atoms in total. The number of anilines is 1. The lowest BCUT2D eigenvalue weighted by Gasteiger charge is -2.49. The second-order valence-corrected chi connectivity index (χ2v) is 18.0. The van der Waals surface area contributed by atoms with Crippen LogP contribution in [0.25, 0.3) is 43.7 Å². The summed E-state index contributed by atoms with van der Waals surface area (Å²) in [5, 5.41) is 17.5. The largest absolute Gasteiger partial charge is 0.508 e. The number of methoxy groups -OCH3 is 1. The summed E-state index contributed by atoms with van der Waals surface area (Å²) in [5.74, 6) is -0.664. The maximum atomic E-state index is 17.9. The Bertz CT molecular complexity index is 2570. The zero-order valence-electron chi connectivity index (χ0n) is 32.6. The summed E-state index contributed by atoms with van der Waals surface area (Å²) in [6.07, 6.45) is 13.6. The summed E-state index contributed by atoms with van der Waals surface area (Å²) >= 11 is 0. The average molecular weight is 796 g/mol. The molecule has 5 aromatic rings. The molecule has 2 aliphatic carbocycles. The van der Waals surface area contributed by atoms with Gasteiger partial charge in [-0.05, 0) is 86.6 Å². The first-order chi connectivity index (χ1) is 27.9. The summed E-state index contributed by atoms with van der Waals surface area (Å²) in [5.41, 5.74) is -1.20. The number of phenols is 1. The van der Waals surface area contributed by atoms with Gasteiger partial charge in [-0.15, -0.1) is 6.42 Å². The van der Waals surface area contributed by atoms with Crippen LogP contribution < -0.4 is 9.64 Å². The van der Waals surface area contributed by atoms with Crippen LogP contribution in [0, 0.1) is 35.3 Å². The molecule has 3 aromatic carbocycles. The molecule has 0 radical (unpaired) electrons. The first kappa shape index (κ1) is 36.4. The number of aryl methyl sites for hydroxylation is 1. The van der Waals surface area contributed by atoms with Crippen LogP contribution in [0.4, 0.5) is 23.4 Å². The summed E-state index contributed by atoms with van der Waals surface area (Å²) in [7, 11) is 3.50. The van der Waals surface area contributed by atoms with Crippen molar-refractivity contribution in [2.45, 2.75) is 81.0 Å². The lowest BCUT2D eigenvalue weighted by molar-refractivity contribution is 0.0199. The molecule has 4 atom stereocenters. The van der Waals surface area contributed by atoms with Crippen molar-refractivity contribution in [3.8, 4) is 35.2 Å². The number of nitrogens with zero attached hydrogens (tertiary/aromatic N) is 7. The van der Waals surface area contributed by atoms with Crippen LogP contribution in [0.1, 0.15) is 56.9 Å². The van der Waals surface area contributed by atoms with Crippen molar-refractivity contribution in [2.75, 3.05) is 51.4 Å². The molecule has 2 saturated carbocycles. The summed E-state index contributed by atoms with van der Waals surface area (Å²) in [6, 6.07) is 6.26. The Morgan fingerprint density at radius 2 is 1.79 bits per heavy atom. The van der Waals surface area contributed by atoms with Crippen LogP contribution in [0.2, 0.25) is 0 Å². The van der Waals surface area contributed by atoms with Crippen LogP contribution in [0.5, 0.6) is 11.8 Å². The molecule has 302 valence electrons. The van der Waals surface area contributed by atoms with E-state index in [4.69, 9.17) is 31.0 Å². The van der Waals surface area contributed by atoms with E-state index in [0.717, 1.165) is 64.8 Å². The molecule has 6 fully saturated rings. The van der Waals surface area contributed by atoms with Crippen molar-refractivity contribution in [3.63, 3.8) is 0 Å². The Labute approximate surface area is 333 Å². The molecule has 11 rings (SSSR count). The van der Waals surface area contributed by atoms with E-state index >= 15 is 8.78 Å². The predicted molar refractivity (Wildman–Crippen MR) is 211 cm³/mol. The van der Waals surface area contributed by atoms with E-state index in [9.17, 15) is 13.9 Å². The Morgan fingerprint density at radius 1 is 1.02 bits per heavy atom. The summed E-state index contributed by atoms with van der Waals surface area (Å²) in [6.45, 7) is 3.61. The van der Waals surface area contributed by atoms with Gasteiger partial charge < -0.3 is 19.5 Å². The van der Waals surface area contributed by atoms with Crippen LogP contribution in [-0.4, -0.2) is 111 Å². The van der Waals surface area contributed by atoms with E-state index in [-0.39, 0.29) is 70.0 Å². The normalized spacial score (nSPS) is 30.1. The van der Waals surface area contributed by atoms with Gasteiger partial charge in [0.15, 0.2) is 5.82 Å². The highest BCUT2D eigenvalue weighted by atomic mass is 19.3. The Hall–Kier alpha value is -4.71. The average Bonchev–Trinajstić information content (AvgIpc) is 3.64. The number of ether oxygens (including phenoxy) is 2. The van der Waals surface area contributed by atoms with Crippen LogP contribution in [0.3, 0.4) is 0 Å². The van der Waals surface area contributed by atoms with Gasteiger partial charge in [-0.25, -0.2) is 17.6 Å². The predicted octanol–water partition coefficient (Wildman–Crippen LogP) is 7.02. The van der Waals surface area contributed by atoms with Gasteiger partial charge in [0.25, 0.3) is 5.92 Å². The molecule has 0 unspecified atom stereocenters. The number of alkyl halides is 2. The van der Waals surface area contributed by atoms with E-state index in [1.807, 2.05) is 6.20 Å². The smallest absolute Gasteiger partial charge is 0.319 e. The van der Waals surface area contributed by atoms with Gasteiger partial charge in [-0.3, -0.25) is 14.5 Å².